The lowest BCUT2D eigenvalue weighted by atomic mass is 10.2. The summed E-state index contributed by atoms with van der Waals surface area (Å²) >= 11 is 0. The van der Waals surface area contributed by atoms with E-state index in [9.17, 15) is 0 Å². The van der Waals surface area contributed by atoms with Crippen LogP contribution in [-0.2, 0) is 6.54 Å². The lowest BCUT2D eigenvalue weighted by molar-refractivity contribution is 0.291. The van der Waals surface area contributed by atoms with Crippen LogP contribution in [0.3, 0.4) is 0 Å². The number of hydrogen-bond acceptors (Lipinski definition) is 3. The fourth-order valence-corrected chi connectivity index (χ4v) is 2.15. The van der Waals surface area contributed by atoms with Gasteiger partial charge >= 0.3 is 0 Å². The SMILES string of the molecule is CCN(CC)CCNCCN(C)Cc1ccccc1. The summed E-state index contributed by atoms with van der Waals surface area (Å²) in [6.07, 6.45) is 0. The first-order valence-electron chi connectivity index (χ1n) is 7.41. The molecule has 0 amide bonds. The highest BCUT2D eigenvalue weighted by Gasteiger charge is 2.00. The molecule has 0 aliphatic rings. The summed E-state index contributed by atoms with van der Waals surface area (Å²) in [5.74, 6) is 0. The van der Waals surface area contributed by atoms with Gasteiger partial charge in [-0.2, -0.15) is 0 Å². The molecule has 0 spiro atoms. The van der Waals surface area contributed by atoms with Crippen LogP contribution in [0.15, 0.2) is 30.3 Å². The molecule has 1 aromatic rings. The molecule has 0 saturated carbocycles. The number of hydrogen-bond donors (Lipinski definition) is 1. The highest BCUT2D eigenvalue weighted by molar-refractivity contribution is 5.14. The van der Waals surface area contributed by atoms with Crippen molar-refractivity contribution >= 4 is 0 Å². The third-order valence-electron chi connectivity index (χ3n) is 3.46. The van der Waals surface area contributed by atoms with E-state index in [1.54, 1.807) is 0 Å². The van der Waals surface area contributed by atoms with Crippen molar-refractivity contribution in [3.63, 3.8) is 0 Å². The minimum atomic E-state index is 1.03. The minimum Gasteiger partial charge on any atom is -0.314 e. The molecule has 0 saturated heterocycles. The Morgan fingerprint density at radius 1 is 0.947 bits per heavy atom. The van der Waals surface area contributed by atoms with Gasteiger partial charge in [0.2, 0.25) is 0 Å². The standard InChI is InChI=1S/C16H29N3/c1-4-19(5-2)14-12-17-11-13-18(3)15-16-9-7-6-8-10-16/h6-10,17H,4-5,11-15H2,1-3H3. The van der Waals surface area contributed by atoms with Gasteiger partial charge in [-0.3, -0.25) is 0 Å². The number of nitrogens with zero attached hydrogens (tertiary/aromatic N) is 2. The Kier molecular flexibility index (Phi) is 8.47. The summed E-state index contributed by atoms with van der Waals surface area (Å²) in [7, 11) is 2.18. The molecule has 0 radical (unpaired) electrons. The minimum absolute atomic E-state index is 1.03. The predicted molar refractivity (Wildman–Crippen MR) is 83.4 cm³/mol. The van der Waals surface area contributed by atoms with Crippen LogP contribution in [0.1, 0.15) is 19.4 Å². The summed E-state index contributed by atoms with van der Waals surface area (Å²) in [5.41, 5.74) is 1.38. The van der Waals surface area contributed by atoms with E-state index in [1.165, 1.54) is 5.56 Å². The van der Waals surface area contributed by atoms with Gasteiger partial charge in [0.15, 0.2) is 0 Å². The van der Waals surface area contributed by atoms with Crippen molar-refractivity contribution in [1.82, 2.24) is 15.1 Å². The van der Waals surface area contributed by atoms with Gasteiger partial charge < -0.3 is 15.1 Å². The lowest BCUT2D eigenvalue weighted by Gasteiger charge is -2.20. The number of rotatable bonds is 10. The lowest BCUT2D eigenvalue weighted by Crippen LogP contribution is -2.35. The van der Waals surface area contributed by atoms with Gasteiger partial charge in [0.1, 0.15) is 0 Å². The normalized spacial score (nSPS) is 11.4. The molecule has 3 nitrogen and oxygen atoms in total. The molecule has 3 heteroatoms. The number of benzene rings is 1. The van der Waals surface area contributed by atoms with E-state index in [4.69, 9.17) is 0 Å². The van der Waals surface area contributed by atoms with Crippen LogP contribution in [0.5, 0.6) is 0 Å². The molecule has 108 valence electrons. The van der Waals surface area contributed by atoms with E-state index in [1.807, 2.05) is 0 Å². The summed E-state index contributed by atoms with van der Waals surface area (Å²) in [6, 6.07) is 10.6. The maximum atomic E-state index is 3.52. The third kappa shape index (κ3) is 7.31. The molecule has 0 atom stereocenters. The maximum absolute atomic E-state index is 3.52. The Labute approximate surface area is 118 Å². The molecule has 1 aromatic carbocycles. The Bertz CT molecular complexity index is 309. The van der Waals surface area contributed by atoms with E-state index < -0.39 is 0 Å². The van der Waals surface area contributed by atoms with Gasteiger partial charge in [-0.05, 0) is 25.7 Å². The molecule has 0 heterocycles. The van der Waals surface area contributed by atoms with Gasteiger partial charge in [-0.1, -0.05) is 44.2 Å². The topological polar surface area (TPSA) is 18.5 Å². The molecule has 0 aliphatic carbocycles. The Morgan fingerprint density at radius 3 is 2.21 bits per heavy atom. The number of likely N-dealkylation sites (N-methyl/N-ethyl adjacent to an activating group) is 2. The van der Waals surface area contributed by atoms with Gasteiger partial charge in [-0.25, -0.2) is 0 Å². The van der Waals surface area contributed by atoms with Crippen molar-refractivity contribution in [2.24, 2.45) is 0 Å². The van der Waals surface area contributed by atoms with Crippen molar-refractivity contribution in [2.75, 3.05) is 46.3 Å². The average Bonchev–Trinajstić information content (AvgIpc) is 2.44. The van der Waals surface area contributed by atoms with Crippen molar-refractivity contribution in [3.05, 3.63) is 35.9 Å². The van der Waals surface area contributed by atoms with Crippen molar-refractivity contribution < 1.29 is 0 Å². The van der Waals surface area contributed by atoms with Crippen LogP contribution in [0, 0.1) is 0 Å². The Hall–Kier alpha value is -0.900. The van der Waals surface area contributed by atoms with Crippen LogP contribution < -0.4 is 5.32 Å². The monoisotopic (exact) mass is 263 g/mol. The van der Waals surface area contributed by atoms with Gasteiger partial charge in [0.25, 0.3) is 0 Å². The zero-order chi connectivity index (χ0) is 13.9. The van der Waals surface area contributed by atoms with E-state index in [2.05, 4.69) is 66.3 Å². The summed E-state index contributed by atoms with van der Waals surface area (Å²) < 4.78 is 0. The van der Waals surface area contributed by atoms with Crippen LogP contribution in [0.25, 0.3) is 0 Å². The second kappa shape index (κ2) is 9.96. The molecule has 0 aromatic heterocycles. The second-order valence-corrected chi connectivity index (χ2v) is 5.00. The molecule has 0 aliphatic heterocycles. The fraction of sp³-hybridized carbons (Fsp3) is 0.625. The molecular weight excluding hydrogens is 234 g/mol. The summed E-state index contributed by atoms with van der Waals surface area (Å²) in [6.45, 7) is 12.1. The quantitative estimate of drug-likeness (QED) is 0.652. The van der Waals surface area contributed by atoms with Crippen LogP contribution >= 0.6 is 0 Å². The Balaban J connectivity index is 2.06. The van der Waals surface area contributed by atoms with E-state index in [0.717, 1.165) is 45.8 Å². The van der Waals surface area contributed by atoms with Crippen molar-refractivity contribution in [2.45, 2.75) is 20.4 Å². The van der Waals surface area contributed by atoms with Crippen molar-refractivity contribution in [1.29, 1.82) is 0 Å². The van der Waals surface area contributed by atoms with Crippen LogP contribution in [0.4, 0.5) is 0 Å². The summed E-state index contributed by atoms with van der Waals surface area (Å²) in [4.78, 5) is 4.81. The molecule has 0 bridgehead atoms. The van der Waals surface area contributed by atoms with Gasteiger partial charge in [-0.15, -0.1) is 0 Å². The number of nitrogens with one attached hydrogen (secondary N) is 1. The fourth-order valence-electron chi connectivity index (χ4n) is 2.15. The first-order chi connectivity index (χ1) is 9.26. The van der Waals surface area contributed by atoms with E-state index in [0.29, 0.717) is 0 Å². The van der Waals surface area contributed by atoms with Crippen LogP contribution in [-0.4, -0.2) is 56.1 Å². The van der Waals surface area contributed by atoms with E-state index >= 15 is 0 Å². The molecule has 1 N–H and O–H groups in total. The zero-order valence-corrected chi connectivity index (χ0v) is 12.7. The summed E-state index contributed by atoms with van der Waals surface area (Å²) in [5, 5.41) is 3.52. The smallest absolute Gasteiger partial charge is 0.0231 e. The van der Waals surface area contributed by atoms with Crippen molar-refractivity contribution in [3.8, 4) is 0 Å². The average molecular weight is 263 g/mol. The van der Waals surface area contributed by atoms with Crippen LogP contribution in [0.2, 0.25) is 0 Å². The largest absolute Gasteiger partial charge is 0.314 e. The van der Waals surface area contributed by atoms with E-state index in [-0.39, 0.29) is 0 Å². The highest BCUT2D eigenvalue weighted by Crippen LogP contribution is 2.01. The zero-order valence-electron chi connectivity index (χ0n) is 12.7. The Morgan fingerprint density at radius 2 is 1.58 bits per heavy atom. The molecular formula is C16H29N3. The molecule has 0 unspecified atom stereocenters. The van der Waals surface area contributed by atoms with Gasteiger partial charge in [0.05, 0.1) is 0 Å². The highest BCUT2D eigenvalue weighted by atomic mass is 15.1. The third-order valence-corrected chi connectivity index (χ3v) is 3.46. The molecule has 1 rings (SSSR count). The predicted octanol–water partition coefficient (Wildman–Crippen LogP) is 2.05. The maximum Gasteiger partial charge on any atom is 0.0231 e. The molecule has 19 heavy (non-hydrogen) atoms. The first kappa shape index (κ1) is 16.2. The second-order valence-electron chi connectivity index (χ2n) is 5.00. The molecule has 0 fully saturated rings. The van der Waals surface area contributed by atoms with Gasteiger partial charge in [0, 0.05) is 32.7 Å². The first-order valence-corrected chi connectivity index (χ1v) is 7.41.